The smallest absolute Gasteiger partial charge is 0.206 e. The first kappa shape index (κ1) is 19.6. The molecule has 0 saturated carbocycles. The topological polar surface area (TPSA) is 81.0 Å². The van der Waals surface area contributed by atoms with Gasteiger partial charge in [-0.2, -0.15) is 5.10 Å². The minimum Gasteiger partial charge on any atom is -0.372 e. The van der Waals surface area contributed by atoms with Gasteiger partial charge in [0.25, 0.3) is 0 Å². The van der Waals surface area contributed by atoms with Gasteiger partial charge >= 0.3 is 0 Å². The lowest BCUT2D eigenvalue weighted by molar-refractivity contribution is -0.0432. The van der Waals surface area contributed by atoms with Crippen LogP contribution < -0.4 is 4.90 Å². The first-order valence-corrected chi connectivity index (χ1v) is 11.0. The van der Waals surface area contributed by atoms with Gasteiger partial charge in [-0.25, -0.2) is 9.07 Å². The third-order valence-electron chi connectivity index (χ3n) is 6.79. The van der Waals surface area contributed by atoms with Crippen molar-refractivity contribution in [2.45, 2.75) is 52.4 Å². The zero-order chi connectivity index (χ0) is 22.2. The fourth-order valence-corrected chi connectivity index (χ4v) is 5.78. The van der Waals surface area contributed by atoms with Gasteiger partial charge in [0.05, 0.1) is 40.4 Å². The first-order chi connectivity index (χ1) is 15.4. The van der Waals surface area contributed by atoms with Crippen LogP contribution in [0.4, 0.5) is 10.1 Å². The number of halogens is 1. The van der Waals surface area contributed by atoms with E-state index in [0.717, 1.165) is 17.0 Å². The molecule has 0 unspecified atom stereocenters. The molecule has 1 spiro atoms. The Balaban J connectivity index is 1.59. The van der Waals surface area contributed by atoms with Crippen LogP contribution >= 0.6 is 0 Å². The van der Waals surface area contributed by atoms with E-state index in [0.29, 0.717) is 36.5 Å². The Hall–Kier alpha value is -3.07. The maximum atomic E-state index is 16.1. The van der Waals surface area contributed by atoms with Crippen LogP contribution in [0.5, 0.6) is 0 Å². The van der Waals surface area contributed by atoms with Crippen molar-refractivity contribution in [1.82, 2.24) is 14.9 Å². The van der Waals surface area contributed by atoms with Crippen LogP contribution in [0, 0.1) is 25.1 Å². The summed E-state index contributed by atoms with van der Waals surface area (Å²) in [6.45, 7) is 8.92. The quantitative estimate of drug-likeness (QED) is 0.584. The van der Waals surface area contributed by atoms with E-state index in [2.05, 4.69) is 25.1 Å². The van der Waals surface area contributed by atoms with E-state index in [-0.39, 0.29) is 29.7 Å². The molecule has 3 aromatic rings. The molecule has 1 saturated heterocycles. The van der Waals surface area contributed by atoms with Crippen molar-refractivity contribution < 1.29 is 13.7 Å². The molecule has 0 bridgehead atoms. The van der Waals surface area contributed by atoms with Crippen molar-refractivity contribution in [1.29, 1.82) is 0 Å². The number of anilines is 1. The molecule has 1 aromatic carbocycles. The molecule has 3 atom stereocenters. The summed E-state index contributed by atoms with van der Waals surface area (Å²) in [5, 5.41) is 9.33. The second-order valence-electron chi connectivity index (χ2n) is 9.22. The van der Waals surface area contributed by atoms with Crippen LogP contribution in [0.25, 0.3) is 16.8 Å². The Morgan fingerprint density at radius 3 is 2.66 bits per heavy atom. The second-order valence-corrected chi connectivity index (χ2v) is 9.22. The molecular weight excluding hydrogens is 411 g/mol. The number of morpholine rings is 1. The van der Waals surface area contributed by atoms with Gasteiger partial charge in [0.15, 0.2) is 5.82 Å². The molecule has 1 fully saturated rings. The number of hydrogen-bond acceptors (Lipinski definition) is 7. The predicted molar refractivity (Wildman–Crippen MR) is 120 cm³/mol. The highest BCUT2D eigenvalue weighted by Crippen LogP contribution is 2.47. The van der Waals surface area contributed by atoms with Gasteiger partial charge in [0.2, 0.25) is 11.4 Å². The molecule has 0 N–H and O–H groups in total. The maximum Gasteiger partial charge on any atom is 0.206 e. The highest BCUT2D eigenvalue weighted by Gasteiger charge is 2.52. The molecule has 9 heteroatoms. The average molecular weight is 436 g/mol. The zero-order valence-electron chi connectivity index (χ0n) is 18.5. The molecule has 0 amide bonds. The monoisotopic (exact) mass is 436 g/mol. The van der Waals surface area contributed by atoms with Crippen LogP contribution in [-0.2, 0) is 11.2 Å². The standard InChI is InChI=1S/C23H25FN6O2/c1-12-5-13(2)30(27-12)22-17-6-16-7-23(9-25-11-26-10-23)21-15(4)31-14(3)8-29(21)19(16)18(24)20(17)32-28-22/h5-6,9-10,14-15,21H,7-8,11H2,1-4H3/t14-,15+,21-/m0/s1. The van der Waals surface area contributed by atoms with Crippen molar-refractivity contribution in [2.75, 3.05) is 18.1 Å². The molecule has 8 nitrogen and oxygen atoms in total. The van der Waals surface area contributed by atoms with Crippen LogP contribution in [0.3, 0.4) is 0 Å². The van der Waals surface area contributed by atoms with Gasteiger partial charge in [-0.15, -0.1) is 0 Å². The summed E-state index contributed by atoms with van der Waals surface area (Å²) < 4.78 is 29.5. The molecule has 32 heavy (non-hydrogen) atoms. The summed E-state index contributed by atoms with van der Waals surface area (Å²) in [7, 11) is 0. The number of aliphatic imine (C=N–C) groups is 2. The Morgan fingerprint density at radius 1 is 1.16 bits per heavy atom. The van der Waals surface area contributed by atoms with Gasteiger partial charge in [0, 0.05) is 24.7 Å². The highest BCUT2D eigenvalue weighted by molar-refractivity contribution is 5.96. The number of nitrogens with zero attached hydrogens (tertiary/aromatic N) is 6. The van der Waals surface area contributed by atoms with E-state index in [9.17, 15) is 0 Å². The number of aromatic nitrogens is 3. The lowest BCUT2D eigenvalue weighted by Gasteiger charge is -2.54. The van der Waals surface area contributed by atoms with Crippen molar-refractivity contribution >= 4 is 29.1 Å². The summed E-state index contributed by atoms with van der Waals surface area (Å²) in [6, 6.07) is 3.85. The summed E-state index contributed by atoms with van der Waals surface area (Å²) >= 11 is 0. The zero-order valence-corrected chi connectivity index (χ0v) is 18.5. The number of ether oxygens (including phenoxy) is 1. The summed E-state index contributed by atoms with van der Waals surface area (Å²) in [6.07, 6.45) is 4.39. The molecule has 3 aliphatic rings. The molecule has 2 aromatic heterocycles. The molecule has 3 aliphatic heterocycles. The van der Waals surface area contributed by atoms with Crippen LogP contribution in [0.1, 0.15) is 30.8 Å². The van der Waals surface area contributed by atoms with E-state index in [4.69, 9.17) is 9.26 Å². The number of fused-ring (bicyclic) bond motifs is 5. The summed E-state index contributed by atoms with van der Waals surface area (Å²) in [5.74, 6) is 0.113. The van der Waals surface area contributed by atoms with Crippen molar-refractivity contribution in [3.63, 3.8) is 0 Å². The number of hydrogen-bond donors (Lipinski definition) is 0. The third kappa shape index (κ3) is 2.63. The molecule has 0 radical (unpaired) electrons. The lowest BCUT2D eigenvalue weighted by Crippen LogP contribution is -2.65. The highest BCUT2D eigenvalue weighted by atomic mass is 19.1. The molecule has 166 valence electrons. The Labute approximate surface area is 184 Å². The van der Waals surface area contributed by atoms with Gasteiger partial charge in [-0.3, -0.25) is 9.98 Å². The van der Waals surface area contributed by atoms with E-state index in [1.807, 2.05) is 52.3 Å². The minimum absolute atomic E-state index is 0.0307. The van der Waals surface area contributed by atoms with Gasteiger partial charge in [-0.1, -0.05) is 5.16 Å². The maximum absolute atomic E-state index is 16.1. The summed E-state index contributed by atoms with van der Waals surface area (Å²) in [4.78, 5) is 11.1. The Morgan fingerprint density at radius 2 is 1.94 bits per heavy atom. The van der Waals surface area contributed by atoms with E-state index in [1.54, 1.807) is 4.68 Å². The van der Waals surface area contributed by atoms with E-state index in [1.165, 1.54) is 0 Å². The minimum atomic E-state index is -0.458. The van der Waals surface area contributed by atoms with Crippen LogP contribution in [0.15, 0.2) is 26.6 Å². The average Bonchev–Trinajstić information content (AvgIpc) is 3.30. The molecule has 0 aliphatic carbocycles. The third-order valence-corrected chi connectivity index (χ3v) is 6.79. The fourth-order valence-electron chi connectivity index (χ4n) is 5.78. The number of benzene rings is 1. The van der Waals surface area contributed by atoms with E-state index < -0.39 is 5.41 Å². The van der Waals surface area contributed by atoms with E-state index >= 15 is 4.39 Å². The Bertz CT molecular complexity index is 1280. The first-order valence-electron chi connectivity index (χ1n) is 11.0. The van der Waals surface area contributed by atoms with Crippen LogP contribution in [0.2, 0.25) is 0 Å². The normalized spacial score (nSPS) is 26.0. The van der Waals surface area contributed by atoms with Crippen molar-refractivity contribution in [3.05, 3.63) is 34.9 Å². The van der Waals surface area contributed by atoms with Gasteiger partial charge in [0.1, 0.15) is 6.67 Å². The number of rotatable bonds is 1. The molecule has 6 rings (SSSR count). The largest absolute Gasteiger partial charge is 0.372 e. The number of aryl methyl sites for hydroxylation is 2. The fraction of sp³-hybridized carbons (Fsp3) is 0.478. The predicted octanol–water partition coefficient (Wildman–Crippen LogP) is 3.41. The lowest BCUT2D eigenvalue weighted by atomic mass is 9.69. The van der Waals surface area contributed by atoms with Crippen molar-refractivity contribution in [2.24, 2.45) is 15.4 Å². The summed E-state index contributed by atoms with van der Waals surface area (Å²) in [5.41, 5.74) is 2.93. The van der Waals surface area contributed by atoms with Gasteiger partial charge < -0.3 is 14.2 Å². The second kappa shape index (κ2) is 6.71. The molecule has 5 heterocycles. The van der Waals surface area contributed by atoms with Gasteiger partial charge in [-0.05, 0) is 51.8 Å². The SMILES string of the molecule is Cc1cc(C)n(-c2noc3c(F)c4c(cc23)CC2(C=NCN=C2)[C@@H]2[C@@H](C)O[C@@H](C)CN42)n1. The molecular formula is C23H25FN6O2. The Kier molecular flexibility index (Phi) is 4.11. The van der Waals surface area contributed by atoms with Crippen LogP contribution in [-0.4, -0.2) is 58.8 Å². The van der Waals surface area contributed by atoms with Crippen molar-refractivity contribution in [3.8, 4) is 5.82 Å².